The van der Waals surface area contributed by atoms with Gasteiger partial charge in [0.05, 0.1) is 17.2 Å². The third-order valence-corrected chi connectivity index (χ3v) is 5.18. The second kappa shape index (κ2) is 7.32. The molecule has 1 saturated heterocycles. The Morgan fingerprint density at radius 2 is 1.88 bits per heavy atom. The van der Waals surface area contributed by atoms with Gasteiger partial charge in [-0.2, -0.15) is 5.10 Å². The Bertz CT molecular complexity index is 813. The number of rotatable bonds is 5. The van der Waals surface area contributed by atoms with Gasteiger partial charge >= 0.3 is 5.97 Å². The number of benzene rings is 1. The number of carboxylic acid groups (broad SMARTS) is 1. The number of aromatic nitrogens is 2. The van der Waals surface area contributed by atoms with E-state index < -0.39 is 11.9 Å². The molecule has 3 rings (SSSR count). The number of hydrogen-bond acceptors (Lipinski definition) is 3. The van der Waals surface area contributed by atoms with Crippen LogP contribution in [0, 0.1) is 19.8 Å². The van der Waals surface area contributed by atoms with E-state index in [4.69, 9.17) is 0 Å². The molecule has 1 aliphatic heterocycles. The van der Waals surface area contributed by atoms with Crippen molar-refractivity contribution in [1.29, 1.82) is 0 Å². The van der Waals surface area contributed by atoms with Gasteiger partial charge in [-0.1, -0.05) is 37.3 Å². The van der Waals surface area contributed by atoms with Crippen LogP contribution >= 0.6 is 0 Å². The third-order valence-electron chi connectivity index (χ3n) is 5.18. The summed E-state index contributed by atoms with van der Waals surface area (Å²) >= 11 is 0. The summed E-state index contributed by atoms with van der Waals surface area (Å²) < 4.78 is 1.86. The molecule has 2 aromatic rings. The maximum Gasteiger partial charge on any atom is 0.308 e. The van der Waals surface area contributed by atoms with Crippen LogP contribution in [0.5, 0.6) is 0 Å². The standard InChI is InChI=1S/C20H25N3O3/c1-4-10-23-14(3)18(13(2)21-23)19(24)22-11-16(17(12-22)20(25)26)15-8-6-5-7-9-15/h5-9,16-17H,4,10-12H2,1-3H3,(H,25,26)/t16-,17-/m0/s1. The molecule has 1 aromatic carbocycles. The quantitative estimate of drug-likeness (QED) is 0.895. The van der Waals surface area contributed by atoms with Gasteiger partial charge in [0, 0.05) is 31.2 Å². The van der Waals surface area contributed by atoms with Crippen LogP contribution in [0.2, 0.25) is 0 Å². The van der Waals surface area contributed by atoms with Crippen molar-refractivity contribution in [1.82, 2.24) is 14.7 Å². The van der Waals surface area contributed by atoms with Gasteiger partial charge in [-0.25, -0.2) is 0 Å². The van der Waals surface area contributed by atoms with Crippen molar-refractivity contribution in [3.63, 3.8) is 0 Å². The summed E-state index contributed by atoms with van der Waals surface area (Å²) in [5, 5.41) is 14.1. The highest BCUT2D eigenvalue weighted by molar-refractivity contribution is 5.97. The molecule has 6 heteroatoms. The van der Waals surface area contributed by atoms with E-state index in [0.717, 1.165) is 24.2 Å². The van der Waals surface area contributed by atoms with E-state index in [2.05, 4.69) is 12.0 Å². The molecule has 1 amide bonds. The Morgan fingerprint density at radius 3 is 2.50 bits per heavy atom. The van der Waals surface area contributed by atoms with E-state index in [1.54, 1.807) is 4.90 Å². The van der Waals surface area contributed by atoms with Gasteiger partial charge in [-0.15, -0.1) is 0 Å². The molecule has 6 nitrogen and oxygen atoms in total. The molecule has 0 aliphatic carbocycles. The van der Waals surface area contributed by atoms with Crippen LogP contribution in [0.15, 0.2) is 30.3 Å². The van der Waals surface area contributed by atoms with Crippen molar-refractivity contribution in [2.45, 2.75) is 39.7 Å². The largest absolute Gasteiger partial charge is 0.481 e. The first-order valence-corrected chi connectivity index (χ1v) is 9.05. The van der Waals surface area contributed by atoms with Crippen LogP contribution in [0.25, 0.3) is 0 Å². The van der Waals surface area contributed by atoms with Crippen LogP contribution in [0.1, 0.15) is 46.6 Å². The Kier molecular flexibility index (Phi) is 5.11. The number of hydrogen-bond donors (Lipinski definition) is 1. The highest BCUT2D eigenvalue weighted by Gasteiger charge is 2.41. The van der Waals surface area contributed by atoms with Crippen LogP contribution in [0.4, 0.5) is 0 Å². The molecule has 1 aliphatic rings. The smallest absolute Gasteiger partial charge is 0.308 e. The second-order valence-corrected chi connectivity index (χ2v) is 6.94. The Hall–Kier alpha value is -2.63. The maximum absolute atomic E-state index is 13.1. The van der Waals surface area contributed by atoms with Gasteiger partial charge in [-0.3, -0.25) is 14.3 Å². The zero-order chi connectivity index (χ0) is 18.8. The summed E-state index contributed by atoms with van der Waals surface area (Å²) in [7, 11) is 0. The second-order valence-electron chi connectivity index (χ2n) is 6.94. The summed E-state index contributed by atoms with van der Waals surface area (Å²) in [6, 6.07) is 9.59. The first kappa shape index (κ1) is 18.2. The van der Waals surface area contributed by atoms with E-state index in [-0.39, 0.29) is 18.4 Å². The molecule has 26 heavy (non-hydrogen) atoms. The average molecular weight is 355 g/mol. The fraction of sp³-hybridized carbons (Fsp3) is 0.450. The molecular weight excluding hydrogens is 330 g/mol. The lowest BCUT2D eigenvalue weighted by molar-refractivity contribution is -0.141. The predicted molar refractivity (Wildman–Crippen MR) is 98.2 cm³/mol. The number of likely N-dealkylation sites (tertiary alicyclic amines) is 1. The number of nitrogens with zero attached hydrogens (tertiary/aromatic N) is 3. The number of aliphatic carboxylic acids is 1. The Labute approximate surface area is 153 Å². The van der Waals surface area contributed by atoms with Crippen LogP contribution < -0.4 is 0 Å². The molecule has 0 spiro atoms. The summed E-state index contributed by atoms with van der Waals surface area (Å²) in [5.74, 6) is -1.76. The summed E-state index contributed by atoms with van der Waals surface area (Å²) in [5.41, 5.74) is 3.13. The first-order chi connectivity index (χ1) is 12.4. The number of carbonyl (C=O) groups excluding carboxylic acids is 1. The number of amides is 1. The highest BCUT2D eigenvalue weighted by Crippen LogP contribution is 2.34. The average Bonchev–Trinajstić information content (AvgIpc) is 3.18. The van der Waals surface area contributed by atoms with Crippen molar-refractivity contribution in [3.05, 3.63) is 52.8 Å². The minimum atomic E-state index is -0.857. The van der Waals surface area contributed by atoms with Crippen molar-refractivity contribution in [2.24, 2.45) is 5.92 Å². The predicted octanol–water partition coefficient (Wildman–Crippen LogP) is 2.85. The van der Waals surface area contributed by atoms with Crippen LogP contribution in [-0.2, 0) is 11.3 Å². The topological polar surface area (TPSA) is 75.4 Å². The lowest BCUT2D eigenvalue weighted by Crippen LogP contribution is -2.30. The van der Waals surface area contributed by atoms with Crippen molar-refractivity contribution >= 4 is 11.9 Å². The summed E-state index contributed by atoms with van der Waals surface area (Å²) in [6.07, 6.45) is 0.941. The fourth-order valence-corrected chi connectivity index (χ4v) is 3.85. The lowest BCUT2D eigenvalue weighted by Gasteiger charge is -2.17. The molecule has 2 atom stereocenters. The molecule has 0 radical (unpaired) electrons. The van der Waals surface area contributed by atoms with Crippen LogP contribution in [-0.4, -0.2) is 44.8 Å². The van der Waals surface area contributed by atoms with E-state index in [0.29, 0.717) is 17.8 Å². The van der Waals surface area contributed by atoms with Crippen molar-refractivity contribution in [2.75, 3.05) is 13.1 Å². The molecule has 1 aromatic heterocycles. The first-order valence-electron chi connectivity index (χ1n) is 9.05. The zero-order valence-electron chi connectivity index (χ0n) is 15.5. The maximum atomic E-state index is 13.1. The highest BCUT2D eigenvalue weighted by atomic mass is 16.4. The summed E-state index contributed by atoms with van der Waals surface area (Å²) in [6.45, 7) is 7.22. The van der Waals surface area contributed by atoms with Gasteiger partial charge in [-0.05, 0) is 25.8 Å². The van der Waals surface area contributed by atoms with E-state index >= 15 is 0 Å². The van der Waals surface area contributed by atoms with E-state index in [1.807, 2.05) is 48.9 Å². The van der Waals surface area contributed by atoms with Gasteiger partial charge in [0.1, 0.15) is 0 Å². The molecule has 1 fully saturated rings. The zero-order valence-corrected chi connectivity index (χ0v) is 15.5. The molecule has 0 bridgehead atoms. The Balaban J connectivity index is 1.88. The fourth-order valence-electron chi connectivity index (χ4n) is 3.85. The lowest BCUT2D eigenvalue weighted by atomic mass is 9.89. The number of carboxylic acids is 1. The normalized spacial score (nSPS) is 19.7. The van der Waals surface area contributed by atoms with Crippen LogP contribution in [0.3, 0.4) is 0 Å². The van der Waals surface area contributed by atoms with Gasteiger partial charge in [0.15, 0.2) is 0 Å². The third kappa shape index (κ3) is 3.23. The molecule has 0 saturated carbocycles. The van der Waals surface area contributed by atoms with E-state index in [9.17, 15) is 14.7 Å². The van der Waals surface area contributed by atoms with Crippen molar-refractivity contribution in [3.8, 4) is 0 Å². The molecule has 138 valence electrons. The molecular formula is C20H25N3O3. The van der Waals surface area contributed by atoms with Gasteiger partial charge in [0.25, 0.3) is 5.91 Å². The van der Waals surface area contributed by atoms with Gasteiger partial charge in [0.2, 0.25) is 0 Å². The van der Waals surface area contributed by atoms with Crippen molar-refractivity contribution < 1.29 is 14.7 Å². The SMILES string of the molecule is CCCn1nc(C)c(C(=O)N2C[C@H](C(=O)O)[C@H](c3ccccc3)C2)c1C. The summed E-state index contributed by atoms with van der Waals surface area (Å²) in [4.78, 5) is 26.6. The minimum Gasteiger partial charge on any atom is -0.481 e. The minimum absolute atomic E-state index is 0.118. The number of aryl methyl sites for hydroxylation is 2. The Morgan fingerprint density at radius 1 is 1.19 bits per heavy atom. The monoisotopic (exact) mass is 355 g/mol. The van der Waals surface area contributed by atoms with Gasteiger partial charge < -0.3 is 10.0 Å². The molecule has 1 N–H and O–H groups in total. The van der Waals surface area contributed by atoms with E-state index in [1.165, 1.54) is 0 Å². The molecule has 2 heterocycles. The molecule has 0 unspecified atom stereocenters. The number of carbonyl (C=O) groups is 2.